The van der Waals surface area contributed by atoms with E-state index in [0.717, 1.165) is 9.77 Å². The molecule has 1 aromatic heterocycles. The summed E-state index contributed by atoms with van der Waals surface area (Å²) in [4.78, 5) is 24.6. The largest absolute Gasteiger partial charge is 0.317 e. The second kappa shape index (κ2) is 9.19. The van der Waals surface area contributed by atoms with E-state index in [1.54, 1.807) is 67.4 Å². The molecule has 0 saturated heterocycles. The van der Waals surface area contributed by atoms with Crippen LogP contribution < -0.4 is 10.7 Å². The third-order valence-electron chi connectivity index (χ3n) is 3.22. The van der Waals surface area contributed by atoms with Crippen molar-refractivity contribution in [2.45, 2.75) is 18.1 Å². The number of carbonyl (C=O) groups excluding carboxylic acids is 2. The number of nitrogens with one attached hydrogen (secondary N) is 2. The van der Waals surface area contributed by atoms with Gasteiger partial charge in [-0.1, -0.05) is 18.2 Å². The molecule has 0 atom stereocenters. The van der Waals surface area contributed by atoms with Crippen LogP contribution >= 0.6 is 23.1 Å². The fraction of sp³-hybridized carbons (Fsp3) is 0.167. The van der Waals surface area contributed by atoms with Gasteiger partial charge in [0.2, 0.25) is 0 Å². The van der Waals surface area contributed by atoms with Crippen LogP contribution in [-0.4, -0.2) is 24.3 Å². The molecule has 2 rings (SSSR count). The van der Waals surface area contributed by atoms with Gasteiger partial charge in [0.15, 0.2) is 0 Å². The van der Waals surface area contributed by atoms with Crippen molar-refractivity contribution >= 4 is 41.1 Å². The molecular formula is C18H19N3O2S2. The number of amides is 2. The average Bonchev–Trinajstić information content (AvgIpc) is 3.07. The lowest BCUT2D eigenvalue weighted by Crippen LogP contribution is -2.33. The minimum atomic E-state index is -0.457. The Balaban J connectivity index is 2.04. The summed E-state index contributed by atoms with van der Waals surface area (Å²) in [5.74, 6) is -0.792. The smallest absolute Gasteiger partial charge is 0.287 e. The molecular weight excluding hydrogens is 354 g/mol. The zero-order chi connectivity index (χ0) is 18.2. The summed E-state index contributed by atoms with van der Waals surface area (Å²) in [6.45, 7) is 3.52. The van der Waals surface area contributed by atoms with Crippen LogP contribution in [0.1, 0.15) is 29.8 Å². The Morgan fingerprint density at radius 1 is 1.16 bits per heavy atom. The monoisotopic (exact) mass is 373 g/mol. The zero-order valence-corrected chi connectivity index (χ0v) is 15.8. The Bertz CT molecular complexity index is 807. The van der Waals surface area contributed by atoms with Gasteiger partial charge in [0.1, 0.15) is 5.70 Å². The first-order chi connectivity index (χ1) is 12.0. The highest BCUT2D eigenvalue weighted by atomic mass is 32.2. The lowest BCUT2D eigenvalue weighted by atomic mass is 10.2. The molecule has 0 spiro atoms. The molecule has 0 aliphatic carbocycles. The number of benzene rings is 1. The molecule has 7 heteroatoms. The normalized spacial score (nSPS) is 10.5. The lowest BCUT2D eigenvalue weighted by molar-refractivity contribution is -0.117. The first kappa shape index (κ1) is 19.0. The third-order valence-corrected chi connectivity index (χ3v) is 5.33. The molecule has 0 aliphatic heterocycles. The van der Waals surface area contributed by atoms with Crippen molar-refractivity contribution in [3.8, 4) is 0 Å². The molecule has 0 saturated carbocycles. The Labute approximate surface area is 155 Å². The van der Waals surface area contributed by atoms with E-state index < -0.39 is 5.91 Å². The number of thiophene rings is 1. The van der Waals surface area contributed by atoms with Gasteiger partial charge in [-0.15, -0.1) is 23.1 Å². The van der Waals surface area contributed by atoms with Gasteiger partial charge >= 0.3 is 0 Å². The molecule has 130 valence electrons. The maximum absolute atomic E-state index is 12.3. The molecule has 5 nitrogen and oxygen atoms in total. The number of hydrogen-bond acceptors (Lipinski definition) is 5. The predicted octanol–water partition coefficient (Wildman–Crippen LogP) is 3.64. The van der Waals surface area contributed by atoms with Gasteiger partial charge < -0.3 is 5.32 Å². The van der Waals surface area contributed by atoms with Crippen LogP contribution in [0, 0.1) is 0 Å². The number of rotatable bonds is 6. The Morgan fingerprint density at radius 3 is 2.52 bits per heavy atom. The summed E-state index contributed by atoms with van der Waals surface area (Å²) in [7, 11) is 0. The molecule has 0 aliphatic rings. The highest BCUT2D eigenvalue weighted by Gasteiger charge is 2.15. The van der Waals surface area contributed by atoms with Gasteiger partial charge in [0.05, 0.1) is 10.4 Å². The Kier molecular flexibility index (Phi) is 6.97. The van der Waals surface area contributed by atoms with Gasteiger partial charge in [-0.3, -0.25) is 9.59 Å². The van der Waals surface area contributed by atoms with E-state index in [2.05, 4.69) is 15.8 Å². The van der Waals surface area contributed by atoms with E-state index in [1.807, 2.05) is 23.8 Å². The number of allylic oxidation sites excluding steroid dienone is 1. The first-order valence-corrected chi connectivity index (χ1v) is 9.62. The van der Waals surface area contributed by atoms with Crippen LogP contribution in [0.25, 0.3) is 0 Å². The predicted molar refractivity (Wildman–Crippen MR) is 104 cm³/mol. The van der Waals surface area contributed by atoms with Crippen LogP contribution in [0.5, 0.6) is 0 Å². The van der Waals surface area contributed by atoms with Gasteiger partial charge in [0.25, 0.3) is 11.8 Å². The van der Waals surface area contributed by atoms with E-state index in [0.29, 0.717) is 11.1 Å². The second-order valence-corrected chi connectivity index (χ2v) is 7.25. The van der Waals surface area contributed by atoms with E-state index in [9.17, 15) is 9.59 Å². The quantitative estimate of drug-likeness (QED) is 0.351. The summed E-state index contributed by atoms with van der Waals surface area (Å²) in [6.07, 6.45) is 3.59. The van der Waals surface area contributed by atoms with Crippen molar-refractivity contribution in [2.24, 2.45) is 5.10 Å². The summed E-state index contributed by atoms with van der Waals surface area (Å²) in [5.41, 5.74) is 4.79. The zero-order valence-electron chi connectivity index (χ0n) is 14.2. The van der Waals surface area contributed by atoms with Crippen molar-refractivity contribution in [3.63, 3.8) is 0 Å². The molecule has 1 aromatic carbocycles. The molecule has 2 N–H and O–H groups in total. The van der Waals surface area contributed by atoms with Gasteiger partial charge in [-0.2, -0.15) is 5.10 Å². The fourth-order valence-electron chi connectivity index (χ4n) is 1.97. The molecule has 0 bridgehead atoms. The second-order valence-electron chi connectivity index (χ2n) is 5.26. The molecule has 0 fully saturated rings. The van der Waals surface area contributed by atoms with Crippen LogP contribution in [0.3, 0.4) is 0 Å². The van der Waals surface area contributed by atoms with Crippen LogP contribution in [0.4, 0.5) is 0 Å². The number of hydrazone groups is 1. The highest BCUT2D eigenvalue weighted by molar-refractivity contribution is 8.00. The molecule has 1 heterocycles. The summed E-state index contributed by atoms with van der Waals surface area (Å²) in [6, 6.07) is 10.7. The standard InChI is InChI=1S/C18H19N3O2S2/c1-12(2)15(20-16(22)13-7-5-4-6-8-13)17(23)21-19-11-14-9-10-25-18(14)24-3/h4-11H,1-3H3,(H,20,22)(H,21,23). The van der Waals surface area contributed by atoms with E-state index in [-0.39, 0.29) is 11.6 Å². The Hall–Kier alpha value is -2.38. The molecule has 25 heavy (non-hydrogen) atoms. The molecule has 2 amide bonds. The van der Waals surface area contributed by atoms with Gasteiger partial charge in [-0.25, -0.2) is 5.43 Å². The number of nitrogens with zero attached hydrogens (tertiary/aromatic N) is 1. The van der Waals surface area contributed by atoms with E-state index >= 15 is 0 Å². The minimum Gasteiger partial charge on any atom is -0.317 e. The van der Waals surface area contributed by atoms with Gasteiger partial charge in [0, 0.05) is 11.1 Å². The summed E-state index contributed by atoms with van der Waals surface area (Å²) >= 11 is 3.24. The van der Waals surface area contributed by atoms with Gasteiger partial charge in [-0.05, 0) is 49.3 Å². The van der Waals surface area contributed by atoms with Crippen molar-refractivity contribution in [3.05, 3.63) is 64.2 Å². The maximum atomic E-state index is 12.3. The van der Waals surface area contributed by atoms with Crippen LogP contribution in [0.15, 0.2) is 62.4 Å². The molecule has 0 radical (unpaired) electrons. The maximum Gasteiger partial charge on any atom is 0.287 e. The minimum absolute atomic E-state index is 0.196. The summed E-state index contributed by atoms with van der Waals surface area (Å²) < 4.78 is 1.12. The van der Waals surface area contributed by atoms with E-state index in [4.69, 9.17) is 0 Å². The average molecular weight is 374 g/mol. The number of hydrogen-bond donors (Lipinski definition) is 2. The van der Waals surface area contributed by atoms with Crippen molar-refractivity contribution < 1.29 is 9.59 Å². The van der Waals surface area contributed by atoms with Crippen molar-refractivity contribution in [2.75, 3.05) is 6.26 Å². The van der Waals surface area contributed by atoms with Crippen LogP contribution in [0.2, 0.25) is 0 Å². The van der Waals surface area contributed by atoms with Crippen molar-refractivity contribution in [1.29, 1.82) is 0 Å². The topological polar surface area (TPSA) is 70.6 Å². The number of carbonyl (C=O) groups is 2. The lowest BCUT2D eigenvalue weighted by Gasteiger charge is -2.10. The molecule has 2 aromatic rings. The third kappa shape index (κ3) is 5.30. The highest BCUT2D eigenvalue weighted by Crippen LogP contribution is 2.25. The summed E-state index contributed by atoms with van der Waals surface area (Å²) in [5, 5.41) is 8.61. The SMILES string of the molecule is CSc1sccc1C=NNC(=O)C(NC(=O)c1ccccc1)=C(C)C. The fourth-order valence-corrected chi connectivity index (χ4v) is 3.47. The number of thioether (sulfide) groups is 1. The van der Waals surface area contributed by atoms with E-state index in [1.165, 1.54) is 0 Å². The Morgan fingerprint density at radius 2 is 1.88 bits per heavy atom. The molecule has 0 unspecified atom stereocenters. The van der Waals surface area contributed by atoms with Crippen LogP contribution in [-0.2, 0) is 4.79 Å². The van der Waals surface area contributed by atoms with Crippen molar-refractivity contribution in [1.82, 2.24) is 10.7 Å². The first-order valence-electron chi connectivity index (χ1n) is 7.51.